The number of amides is 1. The van der Waals surface area contributed by atoms with E-state index in [0.717, 1.165) is 76.3 Å². The Kier molecular flexibility index (Phi) is 6.62. The van der Waals surface area contributed by atoms with Gasteiger partial charge in [-0.25, -0.2) is 4.98 Å². The summed E-state index contributed by atoms with van der Waals surface area (Å²) in [5.74, 6) is 1.33. The van der Waals surface area contributed by atoms with Crippen molar-refractivity contribution in [1.82, 2.24) is 14.8 Å². The van der Waals surface area contributed by atoms with Gasteiger partial charge in [-0.3, -0.25) is 9.69 Å². The fourth-order valence-electron chi connectivity index (χ4n) is 5.90. The van der Waals surface area contributed by atoms with Crippen LogP contribution in [0.4, 0.5) is 5.69 Å². The number of rotatable bonds is 6. The normalized spacial score (nSPS) is 23.5. The molecule has 2 aromatic rings. The van der Waals surface area contributed by atoms with Crippen LogP contribution in [0.25, 0.3) is 0 Å². The van der Waals surface area contributed by atoms with Crippen molar-refractivity contribution < 1.29 is 14.3 Å². The summed E-state index contributed by atoms with van der Waals surface area (Å²) in [5, 5.41) is 0. The number of likely N-dealkylation sites (tertiary alicyclic amines) is 2. The largest absolute Gasteiger partial charge is 0.448 e. The number of anilines is 1. The van der Waals surface area contributed by atoms with Crippen molar-refractivity contribution >= 4 is 11.6 Å². The van der Waals surface area contributed by atoms with Crippen molar-refractivity contribution in [3.63, 3.8) is 0 Å². The average Bonchev–Trinajstić information content (AvgIpc) is 3.26. The molecule has 2 fully saturated rings. The Balaban J connectivity index is 1.16. The number of piperidine rings is 2. The van der Waals surface area contributed by atoms with E-state index in [1.807, 2.05) is 11.0 Å². The van der Waals surface area contributed by atoms with Gasteiger partial charge in [0.05, 0.1) is 11.9 Å². The molecule has 35 heavy (non-hydrogen) atoms. The maximum Gasteiger partial charge on any atom is 0.272 e. The Morgan fingerprint density at radius 1 is 1.03 bits per heavy atom. The molecule has 1 atom stereocenters. The number of carbonyl (C=O) groups is 1. The summed E-state index contributed by atoms with van der Waals surface area (Å²) in [4.78, 5) is 21.5. The number of pyridine rings is 1. The van der Waals surface area contributed by atoms with Crippen molar-refractivity contribution in [1.29, 1.82) is 0 Å². The topological polar surface area (TPSA) is 80.9 Å². The number of aromatic nitrogens is 1. The van der Waals surface area contributed by atoms with Crippen LogP contribution < -0.4 is 15.2 Å². The third-order valence-corrected chi connectivity index (χ3v) is 8.24. The highest BCUT2D eigenvalue weighted by Gasteiger charge is 2.41. The van der Waals surface area contributed by atoms with Crippen LogP contribution in [0.15, 0.2) is 36.5 Å². The van der Waals surface area contributed by atoms with E-state index in [1.165, 1.54) is 18.4 Å². The molecule has 1 unspecified atom stereocenters. The zero-order chi connectivity index (χ0) is 24.5. The number of fused-ring (bicyclic) bond motifs is 1. The quantitative estimate of drug-likeness (QED) is 0.639. The number of carbonyl (C=O) groups excluding carboxylic acids is 1. The summed E-state index contributed by atoms with van der Waals surface area (Å²) in [6.07, 6.45) is 8.81. The first-order chi connectivity index (χ1) is 16.9. The molecule has 2 N–H and O–H groups in total. The van der Waals surface area contributed by atoms with E-state index in [9.17, 15) is 4.79 Å². The first-order valence-corrected chi connectivity index (χ1v) is 13.2. The first-order valence-electron chi connectivity index (χ1n) is 13.2. The Morgan fingerprint density at radius 2 is 1.77 bits per heavy atom. The van der Waals surface area contributed by atoms with Crippen molar-refractivity contribution in [2.24, 2.45) is 5.41 Å². The lowest BCUT2D eigenvalue weighted by Gasteiger charge is -2.47. The molecule has 0 aliphatic carbocycles. The zero-order valence-electron chi connectivity index (χ0n) is 21.1. The fraction of sp³-hybridized carbons (Fsp3) is 0.571. The van der Waals surface area contributed by atoms with Gasteiger partial charge in [0.15, 0.2) is 11.5 Å². The zero-order valence-corrected chi connectivity index (χ0v) is 21.1. The molecule has 0 bridgehead atoms. The molecule has 7 heteroatoms. The van der Waals surface area contributed by atoms with Crippen LogP contribution in [-0.2, 0) is 6.54 Å². The van der Waals surface area contributed by atoms with Crippen molar-refractivity contribution in [2.75, 3.05) is 31.9 Å². The minimum Gasteiger partial charge on any atom is -0.448 e. The SMILES string of the molecule is CCCC1(CC)Oc2cccc(CN3CCC4(CC3)CCN(C(=O)c3ccc(N)cn3)CC4)c2O1. The summed E-state index contributed by atoms with van der Waals surface area (Å²) < 4.78 is 12.7. The molecule has 7 nitrogen and oxygen atoms in total. The second kappa shape index (κ2) is 9.69. The molecule has 5 rings (SSSR count). The number of nitrogens with two attached hydrogens (primary N) is 1. The number of nitrogen functional groups attached to an aromatic ring is 1. The van der Waals surface area contributed by atoms with Gasteiger partial charge in [0.25, 0.3) is 11.7 Å². The van der Waals surface area contributed by atoms with Crippen LogP contribution in [-0.4, -0.2) is 52.7 Å². The molecule has 1 spiro atoms. The lowest BCUT2D eigenvalue weighted by atomic mass is 9.71. The predicted molar refractivity (Wildman–Crippen MR) is 136 cm³/mol. The molecular formula is C28H38N4O3. The van der Waals surface area contributed by atoms with Crippen LogP contribution in [0.3, 0.4) is 0 Å². The molecule has 4 heterocycles. The van der Waals surface area contributed by atoms with Crippen LogP contribution >= 0.6 is 0 Å². The second-order valence-corrected chi connectivity index (χ2v) is 10.5. The number of ether oxygens (including phenoxy) is 2. The highest BCUT2D eigenvalue weighted by molar-refractivity contribution is 5.92. The summed E-state index contributed by atoms with van der Waals surface area (Å²) in [6.45, 7) is 8.96. The van der Waals surface area contributed by atoms with Gasteiger partial charge in [-0.1, -0.05) is 26.0 Å². The highest BCUT2D eigenvalue weighted by Crippen LogP contribution is 2.46. The Bertz CT molecular complexity index is 1040. The van der Waals surface area contributed by atoms with Crippen molar-refractivity contribution in [2.45, 2.75) is 71.1 Å². The number of nitrogens with zero attached hydrogens (tertiary/aromatic N) is 3. The Hall–Kier alpha value is -2.80. The maximum atomic E-state index is 12.8. The monoisotopic (exact) mass is 478 g/mol. The molecule has 1 amide bonds. The third-order valence-electron chi connectivity index (χ3n) is 8.24. The van der Waals surface area contributed by atoms with Crippen LogP contribution in [0, 0.1) is 5.41 Å². The van der Waals surface area contributed by atoms with Crippen molar-refractivity contribution in [3.05, 3.63) is 47.8 Å². The third kappa shape index (κ3) is 4.83. The van der Waals surface area contributed by atoms with Gasteiger partial charge in [0.2, 0.25) is 0 Å². The summed E-state index contributed by atoms with van der Waals surface area (Å²) >= 11 is 0. The lowest BCUT2D eigenvalue weighted by Crippen LogP contribution is -2.48. The summed E-state index contributed by atoms with van der Waals surface area (Å²) in [5.41, 5.74) is 8.34. The van der Waals surface area contributed by atoms with Gasteiger partial charge in [0, 0.05) is 38.0 Å². The van der Waals surface area contributed by atoms with Gasteiger partial charge in [-0.15, -0.1) is 0 Å². The first kappa shape index (κ1) is 23.9. The summed E-state index contributed by atoms with van der Waals surface area (Å²) in [6, 6.07) is 9.77. The van der Waals surface area contributed by atoms with E-state index in [0.29, 0.717) is 16.8 Å². The average molecular weight is 479 g/mol. The van der Waals surface area contributed by atoms with Gasteiger partial charge >= 0.3 is 0 Å². The molecule has 3 aliphatic heterocycles. The number of hydrogen-bond acceptors (Lipinski definition) is 6. The molecule has 0 radical (unpaired) electrons. The van der Waals surface area contributed by atoms with E-state index in [4.69, 9.17) is 15.2 Å². The molecule has 0 saturated carbocycles. The predicted octanol–water partition coefficient (Wildman–Crippen LogP) is 4.86. The molecule has 3 aliphatic rings. The van der Waals surface area contributed by atoms with Gasteiger partial charge in [-0.2, -0.15) is 0 Å². The second-order valence-electron chi connectivity index (χ2n) is 10.5. The molecule has 1 aromatic carbocycles. The number of hydrogen-bond donors (Lipinski definition) is 1. The molecule has 188 valence electrons. The number of benzene rings is 1. The highest BCUT2D eigenvalue weighted by atomic mass is 16.7. The summed E-state index contributed by atoms with van der Waals surface area (Å²) in [7, 11) is 0. The molecule has 2 saturated heterocycles. The van der Waals surface area contributed by atoms with Crippen LogP contribution in [0.1, 0.15) is 74.8 Å². The van der Waals surface area contributed by atoms with E-state index in [1.54, 1.807) is 18.3 Å². The maximum absolute atomic E-state index is 12.8. The fourth-order valence-corrected chi connectivity index (χ4v) is 5.90. The van der Waals surface area contributed by atoms with Crippen molar-refractivity contribution in [3.8, 4) is 11.5 Å². The lowest BCUT2D eigenvalue weighted by molar-refractivity contribution is -0.0889. The van der Waals surface area contributed by atoms with Gasteiger partial charge < -0.3 is 20.1 Å². The Morgan fingerprint density at radius 3 is 2.43 bits per heavy atom. The Labute approximate surface area is 208 Å². The minimum atomic E-state index is -0.508. The van der Waals surface area contributed by atoms with E-state index >= 15 is 0 Å². The smallest absolute Gasteiger partial charge is 0.272 e. The van der Waals surface area contributed by atoms with Crippen LogP contribution in [0.5, 0.6) is 11.5 Å². The number of para-hydroxylation sites is 1. The molecular weight excluding hydrogens is 440 g/mol. The van der Waals surface area contributed by atoms with Gasteiger partial charge in [0.1, 0.15) is 5.69 Å². The van der Waals surface area contributed by atoms with Gasteiger partial charge in [-0.05, 0) is 68.8 Å². The van der Waals surface area contributed by atoms with E-state index in [-0.39, 0.29) is 5.91 Å². The van der Waals surface area contributed by atoms with E-state index in [2.05, 4.69) is 35.9 Å². The van der Waals surface area contributed by atoms with Crippen LogP contribution in [0.2, 0.25) is 0 Å². The minimum absolute atomic E-state index is 0.0173. The molecule has 1 aromatic heterocycles. The van der Waals surface area contributed by atoms with E-state index < -0.39 is 5.79 Å². The standard InChI is InChI=1S/C28H38N4O3/c1-3-10-28(4-2)34-24-7-5-6-21(25(24)35-28)20-31-15-11-27(12-16-31)13-17-32(18-14-27)26(33)23-9-8-22(29)19-30-23/h5-9,19H,3-4,10-18,20,29H2,1-2H3.